The lowest BCUT2D eigenvalue weighted by molar-refractivity contribution is -0.115. The number of hydrogen-bond acceptors (Lipinski definition) is 7. The molecule has 0 saturated carbocycles. The Balaban J connectivity index is 1.46. The smallest absolute Gasteiger partial charge is 0.242 e. The zero-order valence-corrected chi connectivity index (χ0v) is 19.0. The van der Waals surface area contributed by atoms with Crippen molar-refractivity contribution >= 4 is 39.8 Å². The second-order valence-electron chi connectivity index (χ2n) is 6.84. The molecule has 0 radical (unpaired) electrons. The van der Waals surface area contributed by atoms with Gasteiger partial charge in [0.25, 0.3) is 0 Å². The lowest BCUT2D eigenvalue weighted by atomic mass is 10.1. The molecule has 32 heavy (non-hydrogen) atoms. The van der Waals surface area contributed by atoms with Gasteiger partial charge in [0, 0.05) is 12.2 Å². The van der Waals surface area contributed by atoms with E-state index in [2.05, 4.69) is 33.0 Å². The van der Waals surface area contributed by atoms with Crippen molar-refractivity contribution in [2.45, 2.75) is 16.1 Å². The Morgan fingerprint density at radius 2 is 1.66 bits per heavy atom. The molecule has 162 valence electrons. The fraction of sp³-hybridized carbons (Fsp3) is 0.125. The molecule has 2 N–H and O–H groups in total. The maximum absolute atomic E-state index is 13.2. The van der Waals surface area contributed by atoms with E-state index in [1.807, 2.05) is 72.8 Å². The van der Waals surface area contributed by atoms with Crippen molar-refractivity contribution in [2.75, 3.05) is 17.7 Å². The summed E-state index contributed by atoms with van der Waals surface area (Å²) in [5, 5.41) is 15.1. The topological polar surface area (TPSA) is 76.1 Å². The zero-order chi connectivity index (χ0) is 22.2. The third kappa shape index (κ3) is 5.87. The lowest BCUT2D eigenvalue weighted by Gasteiger charge is -2.15. The van der Waals surface area contributed by atoms with E-state index in [9.17, 15) is 4.79 Å². The molecular weight excluding hydrogens is 440 g/mol. The molecular formula is C24H22N4O2S2. The minimum atomic E-state index is -0.465. The Hall–Kier alpha value is -3.36. The molecule has 0 aliphatic heterocycles. The molecule has 0 spiro atoms. The number of hydrogen-bond donors (Lipinski definition) is 2. The predicted octanol–water partition coefficient (Wildman–Crippen LogP) is 5.63. The molecule has 4 rings (SSSR count). The Labute approximate surface area is 195 Å². The van der Waals surface area contributed by atoms with Gasteiger partial charge < -0.3 is 15.4 Å². The number of thioether (sulfide) groups is 1. The molecule has 0 fully saturated rings. The van der Waals surface area contributed by atoms with Gasteiger partial charge >= 0.3 is 0 Å². The van der Waals surface area contributed by atoms with Crippen LogP contribution in [0.25, 0.3) is 0 Å². The van der Waals surface area contributed by atoms with E-state index in [1.165, 1.54) is 23.1 Å². The summed E-state index contributed by atoms with van der Waals surface area (Å²) >= 11 is 2.82. The van der Waals surface area contributed by atoms with E-state index < -0.39 is 5.25 Å². The molecule has 1 aromatic heterocycles. The van der Waals surface area contributed by atoms with Crippen LogP contribution in [0, 0.1) is 0 Å². The number of rotatable bonds is 9. The highest BCUT2D eigenvalue weighted by Crippen LogP contribution is 2.38. The first kappa shape index (κ1) is 21.9. The average Bonchev–Trinajstić information content (AvgIpc) is 3.30. The van der Waals surface area contributed by atoms with Gasteiger partial charge in [0.2, 0.25) is 11.0 Å². The molecule has 8 heteroatoms. The van der Waals surface area contributed by atoms with Gasteiger partial charge in [0.1, 0.15) is 11.0 Å². The van der Waals surface area contributed by atoms with Crippen LogP contribution in [-0.4, -0.2) is 23.2 Å². The van der Waals surface area contributed by atoms with E-state index in [1.54, 1.807) is 7.11 Å². The summed E-state index contributed by atoms with van der Waals surface area (Å²) in [6.07, 6.45) is 0. The van der Waals surface area contributed by atoms with Crippen molar-refractivity contribution in [1.82, 2.24) is 10.2 Å². The van der Waals surface area contributed by atoms with Crippen LogP contribution in [0.2, 0.25) is 0 Å². The van der Waals surface area contributed by atoms with Gasteiger partial charge in [0.05, 0.1) is 7.11 Å². The van der Waals surface area contributed by atoms with Gasteiger partial charge in [-0.25, -0.2) is 0 Å². The molecule has 4 aromatic rings. The number of aromatic nitrogens is 2. The van der Waals surface area contributed by atoms with E-state index in [-0.39, 0.29) is 5.91 Å². The van der Waals surface area contributed by atoms with Crippen LogP contribution < -0.4 is 15.4 Å². The summed E-state index contributed by atoms with van der Waals surface area (Å²) in [7, 11) is 1.61. The summed E-state index contributed by atoms with van der Waals surface area (Å²) < 4.78 is 5.91. The molecule has 0 bridgehead atoms. The number of carbonyl (C=O) groups excluding carboxylic acids is 1. The number of amides is 1. The molecule has 0 saturated heterocycles. The molecule has 1 atom stereocenters. The van der Waals surface area contributed by atoms with Crippen LogP contribution in [0.1, 0.15) is 16.4 Å². The number of carbonyl (C=O) groups is 1. The summed E-state index contributed by atoms with van der Waals surface area (Å²) in [5.74, 6) is 0.613. The Bertz CT molecular complexity index is 1140. The number of benzene rings is 3. The third-order valence-electron chi connectivity index (χ3n) is 4.61. The van der Waals surface area contributed by atoms with Crippen molar-refractivity contribution in [3.8, 4) is 5.75 Å². The van der Waals surface area contributed by atoms with Crippen molar-refractivity contribution in [3.63, 3.8) is 0 Å². The lowest BCUT2D eigenvalue weighted by Crippen LogP contribution is -2.19. The fourth-order valence-corrected chi connectivity index (χ4v) is 4.93. The number of nitrogens with zero attached hydrogens (tertiary/aromatic N) is 2. The van der Waals surface area contributed by atoms with Gasteiger partial charge in [-0.3, -0.25) is 4.79 Å². The fourth-order valence-electron chi connectivity index (χ4n) is 2.99. The SMILES string of the molecule is COc1ccc(NC(=O)C(Sc2nnc(NCc3ccccc3)s2)c2ccccc2)cc1. The maximum Gasteiger partial charge on any atom is 0.242 e. The average molecular weight is 463 g/mol. The van der Waals surface area contributed by atoms with Crippen LogP contribution >= 0.6 is 23.1 Å². The first-order valence-corrected chi connectivity index (χ1v) is 11.7. The molecule has 0 aliphatic rings. The monoisotopic (exact) mass is 462 g/mol. The molecule has 1 unspecified atom stereocenters. The standard InChI is InChI=1S/C24H22N4O2S2/c1-30-20-14-12-19(13-15-20)26-22(29)21(18-10-6-3-7-11-18)31-24-28-27-23(32-24)25-16-17-8-4-2-5-9-17/h2-15,21H,16H2,1H3,(H,25,27)(H,26,29). The summed E-state index contributed by atoms with van der Waals surface area (Å²) in [6, 6.07) is 27.1. The van der Waals surface area contributed by atoms with Crippen LogP contribution in [-0.2, 0) is 11.3 Å². The normalized spacial score (nSPS) is 11.5. The van der Waals surface area contributed by atoms with Crippen molar-refractivity contribution in [1.29, 1.82) is 0 Å². The summed E-state index contributed by atoms with van der Waals surface area (Å²) in [6.45, 7) is 0.667. The second kappa shape index (κ2) is 10.8. The molecule has 3 aromatic carbocycles. The Kier molecular flexibility index (Phi) is 7.37. The quantitative estimate of drug-likeness (QED) is 0.314. The van der Waals surface area contributed by atoms with Gasteiger partial charge in [0.15, 0.2) is 4.34 Å². The van der Waals surface area contributed by atoms with Crippen molar-refractivity contribution in [3.05, 3.63) is 96.1 Å². The van der Waals surface area contributed by atoms with Gasteiger partial charge in [-0.1, -0.05) is 83.8 Å². The van der Waals surface area contributed by atoms with E-state index in [4.69, 9.17) is 4.74 Å². The molecule has 1 heterocycles. The van der Waals surface area contributed by atoms with Crippen LogP contribution in [0.3, 0.4) is 0 Å². The predicted molar refractivity (Wildman–Crippen MR) is 130 cm³/mol. The summed E-state index contributed by atoms with van der Waals surface area (Å²) in [5.41, 5.74) is 2.77. The number of methoxy groups -OCH3 is 1. The zero-order valence-electron chi connectivity index (χ0n) is 17.4. The molecule has 0 aliphatic carbocycles. The van der Waals surface area contributed by atoms with Crippen LogP contribution in [0.15, 0.2) is 89.3 Å². The Morgan fingerprint density at radius 1 is 0.969 bits per heavy atom. The van der Waals surface area contributed by atoms with Gasteiger partial charge in [-0.2, -0.15) is 0 Å². The van der Waals surface area contributed by atoms with Crippen molar-refractivity contribution < 1.29 is 9.53 Å². The first-order chi connectivity index (χ1) is 15.7. The molecule has 6 nitrogen and oxygen atoms in total. The first-order valence-electron chi connectivity index (χ1n) is 9.99. The van der Waals surface area contributed by atoms with E-state index in [0.29, 0.717) is 12.2 Å². The third-order valence-corrected chi connectivity index (χ3v) is 6.83. The highest BCUT2D eigenvalue weighted by atomic mass is 32.2. The Morgan fingerprint density at radius 3 is 2.34 bits per heavy atom. The largest absolute Gasteiger partial charge is 0.497 e. The number of anilines is 2. The minimum Gasteiger partial charge on any atom is -0.497 e. The van der Waals surface area contributed by atoms with Gasteiger partial charge in [-0.05, 0) is 35.4 Å². The number of ether oxygens (including phenoxy) is 1. The number of nitrogens with one attached hydrogen (secondary N) is 2. The summed E-state index contributed by atoms with van der Waals surface area (Å²) in [4.78, 5) is 13.2. The van der Waals surface area contributed by atoms with Crippen LogP contribution in [0.5, 0.6) is 5.75 Å². The highest BCUT2D eigenvalue weighted by molar-refractivity contribution is 8.02. The van der Waals surface area contributed by atoms with Crippen LogP contribution in [0.4, 0.5) is 10.8 Å². The maximum atomic E-state index is 13.2. The second-order valence-corrected chi connectivity index (χ2v) is 9.17. The van der Waals surface area contributed by atoms with Crippen molar-refractivity contribution in [2.24, 2.45) is 0 Å². The highest BCUT2D eigenvalue weighted by Gasteiger charge is 2.24. The van der Waals surface area contributed by atoms with E-state index in [0.717, 1.165) is 26.3 Å². The van der Waals surface area contributed by atoms with Gasteiger partial charge in [-0.15, -0.1) is 10.2 Å². The molecule has 1 amide bonds. The van der Waals surface area contributed by atoms with E-state index >= 15 is 0 Å². The minimum absolute atomic E-state index is 0.125.